The van der Waals surface area contributed by atoms with Gasteiger partial charge in [-0.1, -0.05) is 12.2 Å². The molecule has 4 aliphatic heterocycles. The van der Waals surface area contributed by atoms with Gasteiger partial charge in [-0.25, -0.2) is 4.98 Å². The molecule has 0 saturated carbocycles. The van der Waals surface area contributed by atoms with Crippen molar-refractivity contribution in [2.45, 2.75) is 51.2 Å². The third-order valence-corrected chi connectivity index (χ3v) is 8.56. The molecule has 3 fully saturated rings. The molecule has 3 saturated heterocycles. The highest BCUT2D eigenvalue weighted by Gasteiger charge is 2.67. The summed E-state index contributed by atoms with van der Waals surface area (Å²) >= 11 is 1.49. The van der Waals surface area contributed by atoms with E-state index in [0.29, 0.717) is 26.2 Å². The fourth-order valence-electron chi connectivity index (χ4n) is 5.60. The summed E-state index contributed by atoms with van der Waals surface area (Å²) in [5, 5.41) is 1.000. The average Bonchev–Trinajstić information content (AvgIpc) is 3.47. The SMILES string of the molecule is CCN1C[C@@]23C=C[C@H](O2)[C@H](C(=O)N2CCC(c4nc(C)c(C(C)=O)s4)CC2)[C@@H]3C1=O. The van der Waals surface area contributed by atoms with Crippen molar-refractivity contribution >= 4 is 28.9 Å². The van der Waals surface area contributed by atoms with Crippen molar-refractivity contribution < 1.29 is 19.1 Å². The molecule has 1 aromatic rings. The zero-order valence-electron chi connectivity index (χ0n) is 17.6. The highest BCUT2D eigenvalue weighted by Crippen LogP contribution is 2.52. The van der Waals surface area contributed by atoms with Crippen LogP contribution in [-0.4, -0.2) is 70.3 Å². The average molecular weight is 430 g/mol. The summed E-state index contributed by atoms with van der Waals surface area (Å²) < 4.78 is 6.18. The van der Waals surface area contributed by atoms with Gasteiger partial charge in [0.05, 0.1) is 40.1 Å². The van der Waals surface area contributed by atoms with E-state index < -0.39 is 17.4 Å². The van der Waals surface area contributed by atoms with E-state index in [1.165, 1.54) is 11.3 Å². The van der Waals surface area contributed by atoms with Crippen LogP contribution in [0.5, 0.6) is 0 Å². The highest BCUT2D eigenvalue weighted by molar-refractivity contribution is 7.13. The van der Waals surface area contributed by atoms with E-state index >= 15 is 0 Å². The predicted octanol–water partition coefficient (Wildman–Crippen LogP) is 2.16. The summed E-state index contributed by atoms with van der Waals surface area (Å²) in [5.74, 6) is -0.380. The Bertz CT molecular complexity index is 948. The normalized spacial score (nSPS) is 32.9. The lowest BCUT2D eigenvalue weighted by atomic mass is 9.76. The van der Waals surface area contributed by atoms with Gasteiger partial charge in [0, 0.05) is 32.5 Å². The van der Waals surface area contributed by atoms with E-state index in [0.717, 1.165) is 28.4 Å². The Morgan fingerprint density at radius 3 is 2.70 bits per heavy atom. The Balaban J connectivity index is 1.29. The van der Waals surface area contributed by atoms with E-state index in [1.807, 2.05) is 30.9 Å². The number of rotatable bonds is 4. The third-order valence-electron chi connectivity index (χ3n) is 7.13. The summed E-state index contributed by atoms with van der Waals surface area (Å²) in [6.07, 6.45) is 5.34. The van der Waals surface area contributed by atoms with Crippen LogP contribution in [0, 0.1) is 18.8 Å². The van der Waals surface area contributed by atoms with Gasteiger partial charge >= 0.3 is 0 Å². The second-order valence-electron chi connectivity index (χ2n) is 8.87. The van der Waals surface area contributed by atoms with Gasteiger partial charge < -0.3 is 14.5 Å². The van der Waals surface area contributed by atoms with Gasteiger partial charge in [0.2, 0.25) is 11.8 Å². The predicted molar refractivity (Wildman–Crippen MR) is 111 cm³/mol. The van der Waals surface area contributed by atoms with Crippen LogP contribution in [0.25, 0.3) is 0 Å². The second kappa shape index (κ2) is 6.99. The number of carbonyl (C=O) groups excluding carboxylic acids is 3. The number of Topliss-reactive ketones (excluding diaryl/α,β-unsaturated/α-hetero) is 1. The largest absolute Gasteiger partial charge is 0.360 e. The van der Waals surface area contributed by atoms with Crippen LogP contribution < -0.4 is 0 Å². The Hall–Kier alpha value is -2.06. The lowest BCUT2D eigenvalue weighted by Gasteiger charge is -2.35. The minimum absolute atomic E-state index is 0.0423. The van der Waals surface area contributed by atoms with Crippen molar-refractivity contribution in [1.82, 2.24) is 14.8 Å². The van der Waals surface area contributed by atoms with E-state index in [9.17, 15) is 14.4 Å². The number of hydrogen-bond acceptors (Lipinski definition) is 6. The molecule has 160 valence electrons. The third kappa shape index (κ3) is 2.80. The zero-order chi connectivity index (χ0) is 21.2. The molecule has 2 bridgehead atoms. The molecule has 0 aliphatic carbocycles. The number of amides is 2. The van der Waals surface area contributed by atoms with Gasteiger partial charge in [-0.15, -0.1) is 11.3 Å². The fraction of sp³-hybridized carbons (Fsp3) is 0.636. The molecule has 8 heteroatoms. The van der Waals surface area contributed by atoms with Gasteiger partial charge in [-0.2, -0.15) is 0 Å². The van der Waals surface area contributed by atoms with Crippen molar-refractivity contribution in [3.8, 4) is 0 Å². The smallest absolute Gasteiger partial charge is 0.230 e. The summed E-state index contributed by atoms with van der Waals surface area (Å²) in [4.78, 5) is 47.2. The number of aryl methyl sites for hydroxylation is 1. The molecule has 0 N–H and O–H groups in total. The first-order valence-corrected chi connectivity index (χ1v) is 11.6. The van der Waals surface area contributed by atoms with Crippen LogP contribution in [0.1, 0.15) is 53.0 Å². The number of fused-ring (bicyclic) bond motifs is 1. The summed E-state index contributed by atoms with van der Waals surface area (Å²) in [6.45, 7) is 7.91. The first-order valence-electron chi connectivity index (χ1n) is 10.8. The zero-order valence-corrected chi connectivity index (χ0v) is 18.4. The second-order valence-corrected chi connectivity index (χ2v) is 9.91. The number of ether oxygens (including phenoxy) is 1. The van der Waals surface area contributed by atoms with Crippen molar-refractivity contribution in [3.63, 3.8) is 0 Å². The molecule has 2 amide bonds. The van der Waals surface area contributed by atoms with E-state index in [-0.39, 0.29) is 29.6 Å². The highest BCUT2D eigenvalue weighted by atomic mass is 32.1. The number of aromatic nitrogens is 1. The van der Waals surface area contributed by atoms with Gasteiger partial charge in [-0.05, 0) is 26.7 Å². The summed E-state index contributed by atoms with van der Waals surface area (Å²) in [5.41, 5.74) is 0.190. The molecule has 1 spiro atoms. The lowest BCUT2D eigenvalue weighted by Crippen LogP contribution is -2.48. The molecule has 5 rings (SSSR count). The van der Waals surface area contributed by atoms with E-state index in [1.54, 1.807) is 11.8 Å². The van der Waals surface area contributed by atoms with Crippen LogP contribution in [-0.2, 0) is 14.3 Å². The molecule has 1 aromatic heterocycles. The van der Waals surface area contributed by atoms with Crippen LogP contribution in [0.4, 0.5) is 0 Å². The Morgan fingerprint density at radius 2 is 2.07 bits per heavy atom. The number of carbonyl (C=O) groups is 3. The molecule has 0 radical (unpaired) electrons. The Morgan fingerprint density at radius 1 is 1.33 bits per heavy atom. The maximum Gasteiger partial charge on any atom is 0.230 e. The van der Waals surface area contributed by atoms with Crippen molar-refractivity contribution in [1.29, 1.82) is 0 Å². The first kappa shape index (κ1) is 19.9. The first-order chi connectivity index (χ1) is 14.3. The lowest BCUT2D eigenvalue weighted by molar-refractivity contribution is -0.144. The standard InChI is InChI=1S/C22H27N3O4S/c1-4-24-11-22-8-5-15(29-22)16(17(22)21(24)28)20(27)25-9-6-14(7-10-25)19-23-12(2)18(30-19)13(3)26/h5,8,14-17H,4,6-7,9-11H2,1-3H3/t15-,16-,17+,22+/m0/s1. The molecule has 4 atom stereocenters. The molecular weight excluding hydrogens is 402 g/mol. The summed E-state index contributed by atoms with van der Waals surface area (Å²) in [6, 6.07) is 0. The quantitative estimate of drug-likeness (QED) is 0.541. The van der Waals surface area contributed by atoms with Crippen LogP contribution in [0.15, 0.2) is 12.2 Å². The number of ketones is 1. The van der Waals surface area contributed by atoms with E-state index in [4.69, 9.17) is 4.74 Å². The number of thiazole rings is 1. The van der Waals surface area contributed by atoms with E-state index in [2.05, 4.69) is 4.98 Å². The number of likely N-dealkylation sites (tertiary alicyclic amines) is 2. The molecule has 4 aliphatic rings. The summed E-state index contributed by atoms with van der Waals surface area (Å²) in [7, 11) is 0. The minimum Gasteiger partial charge on any atom is -0.360 e. The van der Waals surface area contributed by atoms with Crippen molar-refractivity contribution in [2.75, 3.05) is 26.2 Å². The van der Waals surface area contributed by atoms with Crippen LogP contribution in [0.2, 0.25) is 0 Å². The van der Waals surface area contributed by atoms with Gasteiger partial charge in [0.1, 0.15) is 5.60 Å². The molecular formula is C22H27N3O4S. The van der Waals surface area contributed by atoms with Gasteiger partial charge in [0.25, 0.3) is 0 Å². The topological polar surface area (TPSA) is 79.8 Å². The molecule has 5 heterocycles. The van der Waals surface area contributed by atoms with Gasteiger partial charge in [0.15, 0.2) is 5.78 Å². The minimum atomic E-state index is -0.613. The van der Waals surface area contributed by atoms with Crippen LogP contribution in [0.3, 0.4) is 0 Å². The monoisotopic (exact) mass is 429 g/mol. The Kier molecular flexibility index (Phi) is 4.63. The molecule has 7 nitrogen and oxygen atoms in total. The maximum atomic E-state index is 13.4. The fourth-order valence-corrected chi connectivity index (χ4v) is 6.74. The molecule has 0 aromatic carbocycles. The van der Waals surface area contributed by atoms with Gasteiger partial charge in [-0.3, -0.25) is 14.4 Å². The van der Waals surface area contributed by atoms with Crippen molar-refractivity contribution in [3.05, 3.63) is 27.7 Å². The number of likely N-dealkylation sites (N-methyl/N-ethyl adjacent to an activating group) is 1. The number of piperidine rings is 1. The van der Waals surface area contributed by atoms with Crippen molar-refractivity contribution in [2.24, 2.45) is 11.8 Å². The van der Waals surface area contributed by atoms with Crippen LogP contribution >= 0.6 is 11.3 Å². The molecule has 0 unspecified atom stereocenters. The number of nitrogens with zero attached hydrogens (tertiary/aromatic N) is 3. The number of hydrogen-bond donors (Lipinski definition) is 0. The molecule has 30 heavy (non-hydrogen) atoms. The Labute approximate surface area is 180 Å². The maximum absolute atomic E-state index is 13.4.